The molecule has 3 nitrogen and oxygen atoms in total. The first-order valence-electron chi connectivity index (χ1n) is 4.07. The van der Waals surface area contributed by atoms with Crippen LogP contribution in [-0.2, 0) is 0 Å². The monoisotopic (exact) mass is 155 g/mol. The summed E-state index contributed by atoms with van der Waals surface area (Å²) in [5, 5.41) is 3.07. The molecule has 0 saturated carbocycles. The first-order valence-corrected chi connectivity index (χ1v) is 4.07. The summed E-state index contributed by atoms with van der Waals surface area (Å²) in [7, 11) is 1.94. The summed E-state index contributed by atoms with van der Waals surface area (Å²) in [6, 6.07) is 3.00. The third-order valence-electron chi connectivity index (χ3n) is 1.32. The lowest BCUT2D eigenvalue weighted by molar-refractivity contribution is 0.631. The average molecular weight is 155 g/mol. The first kappa shape index (κ1) is 10.3. The third kappa shape index (κ3) is 7.23. The maximum absolute atomic E-state index is 4.09. The second-order valence-corrected chi connectivity index (χ2v) is 2.44. The van der Waals surface area contributed by atoms with Crippen molar-refractivity contribution >= 4 is 6.01 Å². The van der Waals surface area contributed by atoms with Crippen molar-refractivity contribution in [2.24, 2.45) is 9.98 Å². The van der Waals surface area contributed by atoms with Crippen LogP contribution in [0.15, 0.2) is 9.98 Å². The fourth-order valence-corrected chi connectivity index (χ4v) is 0.628. The molecule has 64 valence electrons. The Morgan fingerprint density at radius 3 is 2.82 bits per heavy atom. The van der Waals surface area contributed by atoms with E-state index < -0.39 is 0 Å². The summed E-state index contributed by atoms with van der Waals surface area (Å²) in [6.07, 6.45) is 1.04. The van der Waals surface area contributed by atoms with E-state index in [1.165, 1.54) is 0 Å². The molecule has 11 heavy (non-hydrogen) atoms. The highest BCUT2D eigenvalue weighted by molar-refractivity contribution is 5.41. The molecule has 0 rings (SSSR count). The van der Waals surface area contributed by atoms with Crippen molar-refractivity contribution in [3.63, 3.8) is 0 Å². The zero-order valence-corrected chi connectivity index (χ0v) is 7.59. The summed E-state index contributed by atoms with van der Waals surface area (Å²) in [6.45, 7) is 5.80. The molecule has 3 heteroatoms. The van der Waals surface area contributed by atoms with Crippen LogP contribution in [0, 0.1) is 0 Å². The van der Waals surface area contributed by atoms with Crippen molar-refractivity contribution in [3.8, 4) is 0 Å². The van der Waals surface area contributed by atoms with Gasteiger partial charge in [-0.3, -0.25) is 0 Å². The average Bonchev–Trinajstić information content (AvgIpc) is 2.01. The summed E-state index contributed by atoms with van der Waals surface area (Å²) >= 11 is 0. The van der Waals surface area contributed by atoms with Gasteiger partial charge in [0.1, 0.15) is 0 Å². The van der Waals surface area contributed by atoms with E-state index in [2.05, 4.69) is 28.2 Å². The van der Waals surface area contributed by atoms with Crippen molar-refractivity contribution in [1.29, 1.82) is 0 Å². The fourth-order valence-electron chi connectivity index (χ4n) is 0.628. The van der Waals surface area contributed by atoms with E-state index in [1.54, 1.807) is 0 Å². The van der Waals surface area contributed by atoms with Crippen molar-refractivity contribution in [1.82, 2.24) is 5.32 Å². The molecule has 0 spiro atoms. The van der Waals surface area contributed by atoms with Gasteiger partial charge in [0, 0.05) is 6.54 Å². The normalized spacial score (nSPS) is 11.9. The van der Waals surface area contributed by atoms with Crippen LogP contribution in [0.2, 0.25) is 0 Å². The number of hydrogen-bond acceptors (Lipinski definition) is 3. The highest BCUT2D eigenvalue weighted by Crippen LogP contribution is 1.92. The molecule has 1 N–H and O–H groups in total. The van der Waals surface area contributed by atoms with E-state index in [0.717, 1.165) is 19.5 Å². The number of nitrogens with one attached hydrogen (secondary N) is 1. The van der Waals surface area contributed by atoms with Gasteiger partial charge in [-0.1, -0.05) is 0 Å². The predicted octanol–water partition coefficient (Wildman–Crippen LogP) is 1.18. The van der Waals surface area contributed by atoms with Crippen molar-refractivity contribution in [2.75, 3.05) is 20.1 Å². The second-order valence-electron chi connectivity index (χ2n) is 2.44. The molecule has 0 saturated heterocycles. The molecular weight excluding hydrogens is 138 g/mol. The molecule has 0 heterocycles. The number of hydrogen-bond donors (Lipinski definition) is 1. The highest BCUT2D eigenvalue weighted by Gasteiger charge is 1.94. The quantitative estimate of drug-likeness (QED) is 0.595. The van der Waals surface area contributed by atoms with E-state index in [4.69, 9.17) is 0 Å². The Morgan fingerprint density at radius 2 is 2.27 bits per heavy atom. The van der Waals surface area contributed by atoms with Crippen molar-refractivity contribution in [2.45, 2.75) is 26.3 Å². The van der Waals surface area contributed by atoms with Gasteiger partial charge in [0.25, 0.3) is 0 Å². The van der Waals surface area contributed by atoms with Gasteiger partial charge < -0.3 is 5.32 Å². The Bertz CT molecular complexity index is 136. The fraction of sp³-hybridized carbons (Fsp3) is 0.875. The molecule has 0 radical (unpaired) electrons. The van der Waals surface area contributed by atoms with Crippen LogP contribution in [0.1, 0.15) is 20.3 Å². The minimum Gasteiger partial charge on any atom is -0.320 e. The van der Waals surface area contributed by atoms with Crippen LogP contribution in [0.4, 0.5) is 0 Å². The van der Waals surface area contributed by atoms with Gasteiger partial charge >= 0.3 is 0 Å². The van der Waals surface area contributed by atoms with Crippen LogP contribution in [0.25, 0.3) is 0 Å². The molecule has 1 atom stereocenters. The lowest BCUT2D eigenvalue weighted by Crippen LogP contribution is -2.12. The Labute approximate surface area is 68.6 Å². The third-order valence-corrected chi connectivity index (χ3v) is 1.32. The predicted molar refractivity (Wildman–Crippen MR) is 48.4 cm³/mol. The molecule has 0 aliphatic heterocycles. The van der Waals surface area contributed by atoms with Crippen LogP contribution in [0.3, 0.4) is 0 Å². The number of rotatable bonds is 5. The topological polar surface area (TPSA) is 36.8 Å². The molecular formula is C8H17N3. The van der Waals surface area contributed by atoms with Gasteiger partial charge in [0.15, 0.2) is 0 Å². The van der Waals surface area contributed by atoms with Crippen molar-refractivity contribution < 1.29 is 0 Å². The Balaban J connectivity index is 3.50. The lowest BCUT2D eigenvalue weighted by atomic mass is 10.2. The van der Waals surface area contributed by atoms with Gasteiger partial charge in [0.05, 0.1) is 12.1 Å². The maximum Gasteiger partial charge on any atom is 0.0895 e. The van der Waals surface area contributed by atoms with Crippen molar-refractivity contribution in [3.05, 3.63) is 0 Å². The summed E-state index contributed by atoms with van der Waals surface area (Å²) < 4.78 is 0. The van der Waals surface area contributed by atoms with Gasteiger partial charge in [-0.05, 0) is 33.9 Å². The summed E-state index contributed by atoms with van der Waals surface area (Å²) in [4.78, 5) is 7.98. The zero-order valence-electron chi connectivity index (χ0n) is 7.59. The van der Waals surface area contributed by atoms with Gasteiger partial charge in [-0.2, -0.15) is 0 Å². The first-order chi connectivity index (χ1) is 5.31. The SMILES string of the molecule is CCN=C=N[C@@H](C)CCNC. The molecule has 0 fully saturated rings. The minimum atomic E-state index is 0.331. The van der Waals surface area contributed by atoms with E-state index in [0.29, 0.717) is 6.04 Å². The minimum absolute atomic E-state index is 0.331. The smallest absolute Gasteiger partial charge is 0.0895 e. The molecule has 0 aromatic carbocycles. The molecule has 0 aromatic heterocycles. The van der Waals surface area contributed by atoms with Gasteiger partial charge in [-0.25, -0.2) is 9.98 Å². The molecule has 0 aliphatic rings. The zero-order chi connectivity index (χ0) is 8.53. The highest BCUT2D eigenvalue weighted by atomic mass is 14.9. The Hall–Kier alpha value is -0.660. The molecule has 0 unspecified atom stereocenters. The molecule has 0 amide bonds. The van der Waals surface area contributed by atoms with Crippen LogP contribution in [-0.4, -0.2) is 32.2 Å². The van der Waals surface area contributed by atoms with Crippen LogP contribution in [0.5, 0.6) is 0 Å². The van der Waals surface area contributed by atoms with E-state index in [9.17, 15) is 0 Å². The summed E-state index contributed by atoms with van der Waals surface area (Å²) in [5.74, 6) is 0. The summed E-state index contributed by atoms with van der Waals surface area (Å²) in [5.41, 5.74) is 0. The van der Waals surface area contributed by atoms with Crippen LogP contribution < -0.4 is 5.32 Å². The maximum atomic E-state index is 4.09. The van der Waals surface area contributed by atoms with E-state index in [1.807, 2.05) is 14.0 Å². The standard InChI is InChI=1S/C8H17N3/c1-4-10-7-11-8(2)5-6-9-3/h8-9H,4-6H2,1-3H3/t8-/m0/s1. The second kappa shape index (κ2) is 7.45. The largest absolute Gasteiger partial charge is 0.320 e. The molecule has 0 aliphatic carbocycles. The number of nitrogens with zero attached hydrogens (tertiary/aromatic N) is 2. The van der Waals surface area contributed by atoms with Gasteiger partial charge in [0.2, 0.25) is 0 Å². The van der Waals surface area contributed by atoms with E-state index >= 15 is 0 Å². The van der Waals surface area contributed by atoms with Crippen LogP contribution >= 0.6 is 0 Å². The van der Waals surface area contributed by atoms with E-state index in [-0.39, 0.29) is 0 Å². The molecule has 0 bridgehead atoms. The van der Waals surface area contributed by atoms with Gasteiger partial charge in [-0.15, -0.1) is 0 Å². The Morgan fingerprint density at radius 1 is 1.55 bits per heavy atom. The lowest BCUT2D eigenvalue weighted by Gasteiger charge is -2.01. The number of aliphatic imine (C=N–C) groups is 2. The Kier molecular flexibility index (Phi) is 7.00. The molecule has 0 aromatic rings.